The number of hydrogen-bond donors (Lipinski definition) is 1. The molecule has 1 atom stereocenters. The van der Waals surface area contributed by atoms with Crippen LogP contribution < -0.4 is 4.57 Å². The molecule has 1 aromatic heterocycles. The van der Waals surface area contributed by atoms with Gasteiger partial charge in [-0.3, -0.25) is 30.3 Å². The highest BCUT2D eigenvalue weighted by Crippen LogP contribution is 2.37. The first-order valence-corrected chi connectivity index (χ1v) is 8.53. The van der Waals surface area contributed by atoms with E-state index < -0.39 is 48.5 Å². The molecule has 31 heavy (non-hydrogen) atoms. The third-order valence-electron chi connectivity index (χ3n) is 4.48. The molecule has 3 rings (SSSR count). The van der Waals surface area contributed by atoms with Crippen molar-refractivity contribution in [1.82, 2.24) is 0 Å². The second-order valence-electron chi connectivity index (χ2n) is 6.26. The molecule has 0 radical (unpaired) electrons. The van der Waals surface area contributed by atoms with E-state index in [2.05, 4.69) is 0 Å². The van der Waals surface area contributed by atoms with Crippen molar-refractivity contribution >= 4 is 22.7 Å². The molecule has 156 valence electrons. The van der Waals surface area contributed by atoms with Gasteiger partial charge in [-0.05, 0) is 12.1 Å². The summed E-state index contributed by atoms with van der Waals surface area (Å²) in [5.74, 6) is 0. The van der Waals surface area contributed by atoms with Crippen molar-refractivity contribution in [1.29, 1.82) is 0 Å². The zero-order valence-corrected chi connectivity index (χ0v) is 15.5. The van der Waals surface area contributed by atoms with Crippen LogP contribution in [0.15, 0.2) is 67.0 Å². The zero-order chi connectivity index (χ0) is 22.7. The summed E-state index contributed by atoms with van der Waals surface area (Å²) in [7, 11) is 0. The van der Waals surface area contributed by atoms with Crippen molar-refractivity contribution in [2.45, 2.75) is 6.04 Å². The quantitative estimate of drug-likeness (QED) is 0.340. The first-order chi connectivity index (χ1) is 14.7. The van der Waals surface area contributed by atoms with E-state index in [1.165, 1.54) is 23.0 Å². The van der Waals surface area contributed by atoms with Gasteiger partial charge in [0.05, 0.1) is 31.8 Å². The monoisotopic (exact) mass is 427 g/mol. The van der Waals surface area contributed by atoms with Gasteiger partial charge in [-0.25, -0.2) is 5.21 Å². The molecule has 1 unspecified atom stereocenters. The number of nitro benzene ring substituents is 3. The zero-order valence-electron chi connectivity index (χ0n) is 15.5. The van der Waals surface area contributed by atoms with E-state index in [0.29, 0.717) is 0 Å². The lowest BCUT2D eigenvalue weighted by atomic mass is 9.94. The molecule has 0 aliphatic rings. The largest absolute Gasteiger partial charge is 0.323 e. The van der Waals surface area contributed by atoms with Crippen molar-refractivity contribution in [3.63, 3.8) is 0 Å². The summed E-state index contributed by atoms with van der Waals surface area (Å²) >= 11 is 0. The van der Waals surface area contributed by atoms with Crippen LogP contribution in [0.2, 0.25) is 0 Å². The molecule has 3 aromatic rings. The Balaban J connectivity index is 2.35. The second kappa shape index (κ2) is 8.28. The Kier molecular flexibility index (Phi) is 5.59. The molecule has 0 fully saturated rings. The van der Waals surface area contributed by atoms with E-state index in [0.717, 1.165) is 30.3 Å². The molecule has 2 aromatic carbocycles. The summed E-state index contributed by atoms with van der Waals surface area (Å²) in [5, 5.41) is 43.5. The predicted octanol–water partition coefficient (Wildman–Crippen LogP) is 3.14. The van der Waals surface area contributed by atoms with E-state index in [9.17, 15) is 35.3 Å². The van der Waals surface area contributed by atoms with Crippen molar-refractivity contribution in [3.8, 4) is 0 Å². The molecule has 0 bridgehead atoms. The lowest BCUT2D eigenvalue weighted by molar-refractivity contribution is -0.730. The summed E-state index contributed by atoms with van der Waals surface area (Å²) < 4.78 is 1.45. The minimum atomic E-state index is -1.14. The lowest BCUT2D eigenvalue weighted by Gasteiger charge is -2.13. The van der Waals surface area contributed by atoms with Gasteiger partial charge in [0, 0.05) is 24.3 Å². The fourth-order valence-corrected chi connectivity index (χ4v) is 3.15. The fourth-order valence-electron chi connectivity index (χ4n) is 3.15. The Morgan fingerprint density at radius 2 is 1.19 bits per heavy atom. The number of aromatic nitrogens is 1. The lowest BCUT2D eigenvalue weighted by Crippen LogP contribution is -2.40. The number of non-ortho nitro benzene ring substituents is 1. The van der Waals surface area contributed by atoms with Gasteiger partial charge in [-0.2, -0.15) is 4.57 Å². The topological polar surface area (TPSA) is 174 Å². The maximum Gasteiger partial charge on any atom is 0.323 e. The van der Waals surface area contributed by atoms with Crippen molar-refractivity contribution in [2.75, 3.05) is 0 Å². The van der Waals surface area contributed by atoms with Crippen LogP contribution in [0.1, 0.15) is 17.2 Å². The second-order valence-corrected chi connectivity index (χ2v) is 6.26. The first kappa shape index (κ1) is 20.9. The summed E-state index contributed by atoms with van der Waals surface area (Å²) in [6.45, 7) is 0. The molecule has 0 spiro atoms. The van der Waals surface area contributed by atoms with Crippen LogP contribution in [0.3, 0.4) is 0 Å². The number of hydrogen-bond acceptors (Lipinski definition) is 7. The van der Waals surface area contributed by atoms with Gasteiger partial charge in [0.15, 0.2) is 12.4 Å². The Morgan fingerprint density at radius 1 is 0.710 bits per heavy atom. The van der Waals surface area contributed by atoms with Crippen LogP contribution in [0.5, 0.6) is 0 Å². The standard InChI is InChI=1S/C18H13N5O8/c24-20(25)12-4-6-14(16(10-12)22(28)29)18(19-8-2-1-3-9-19)15-7-5-13(21(26)27)11-17(15)23(30)31/h1-11,18H,(H,24,25)/q+2. The average Bonchev–Trinajstić information content (AvgIpc) is 2.74. The summed E-state index contributed by atoms with van der Waals surface area (Å²) in [6.07, 6.45) is 3.03. The summed E-state index contributed by atoms with van der Waals surface area (Å²) in [4.78, 5) is 42.7. The van der Waals surface area contributed by atoms with Crippen LogP contribution in [0, 0.1) is 35.3 Å². The summed E-state index contributed by atoms with van der Waals surface area (Å²) in [5.41, 5.74) is -2.21. The maximum absolute atomic E-state index is 11.7. The van der Waals surface area contributed by atoms with Crippen LogP contribution in [-0.2, 0) is 0 Å². The van der Waals surface area contributed by atoms with Gasteiger partial charge in [0.25, 0.3) is 22.0 Å². The molecule has 0 amide bonds. The Labute approximate surface area is 172 Å². The number of rotatable bonds is 7. The highest BCUT2D eigenvalue weighted by Gasteiger charge is 2.38. The molecule has 0 saturated carbocycles. The molecule has 1 N–H and O–H groups in total. The van der Waals surface area contributed by atoms with Gasteiger partial charge in [0.2, 0.25) is 6.04 Å². The Bertz CT molecular complexity index is 1140. The van der Waals surface area contributed by atoms with E-state index in [1.807, 2.05) is 0 Å². The van der Waals surface area contributed by atoms with E-state index in [1.54, 1.807) is 18.2 Å². The highest BCUT2D eigenvalue weighted by molar-refractivity contribution is 5.57. The number of nitrogens with zero attached hydrogens (tertiary/aromatic N) is 5. The SMILES string of the molecule is O=[N+]([O-])c1ccc(C(c2ccc([N+](=O)O)cc2[N+](=O)[O-])[n+]2ccccc2)c([N+](=O)[O-])c1. The van der Waals surface area contributed by atoms with Gasteiger partial charge in [-0.15, -0.1) is 0 Å². The van der Waals surface area contributed by atoms with Crippen molar-refractivity contribution in [2.24, 2.45) is 0 Å². The van der Waals surface area contributed by atoms with Gasteiger partial charge in [-0.1, -0.05) is 6.07 Å². The molecule has 13 nitrogen and oxygen atoms in total. The fraction of sp³-hybridized carbons (Fsp3) is 0.0556. The average molecular weight is 427 g/mol. The molecule has 13 heteroatoms. The van der Waals surface area contributed by atoms with Gasteiger partial charge in [0.1, 0.15) is 11.1 Å². The minimum Gasteiger partial charge on any atom is -0.258 e. The first-order valence-electron chi connectivity index (χ1n) is 8.53. The predicted molar refractivity (Wildman–Crippen MR) is 102 cm³/mol. The van der Waals surface area contributed by atoms with Crippen LogP contribution in [0.4, 0.5) is 22.7 Å². The van der Waals surface area contributed by atoms with Crippen LogP contribution in [-0.4, -0.2) is 24.9 Å². The Morgan fingerprint density at radius 3 is 1.65 bits per heavy atom. The third-order valence-corrected chi connectivity index (χ3v) is 4.48. The number of benzene rings is 2. The number of nitro groups is 3. The summed E-state index contributed by atoms with van der Waals surface area (Å²) in [6, 6.07) is 9.83. The van der Waals surface area contributed by atoms with E-state index in [-0.39, 0.29) is 11.1 Å². The van der Waals surface area contributed by atoms with Crippen LogP contribution in [0.25, 0.3) is 0 Å². The van der Waals surface area contributed by atoms with Crippen molar-refractivity contribution < 1.29 is 29.5 Å². The molecular formula is C18H13N5O8+2. The molecule has 1 heterocycles. The smallest absolute Gasteiger partial charge is 0.258 e. The maximum atomic E-state index is 11.7. The molecule has 0 aliphatic heterocycles. The molecular weight excluding hydrogens is 414 g/mol. The normalized spacial score (nSPS) is 11.5. The van der Waals surface area contributed by atoms with Gasteiger partial charge < -0.3 is 0 Å². The molecule has 0 saturated heterocycles. The molecule has 0 aliphatic carbocycles. The van der Waals surface area contributed by atoms with Crippen LogP contribution >= 0.6 is 0 Å². The third kappa shape index (κ3) is 4.14. The van der Waals surface area contributed by atoms with Crippen molar-refractivity contribution in [3.05, 3.63) is 113 Å². The highest BCUT2D eigenvalue weighted by atomic mass is 16.6. The minimum absolute atomic E-state index is 0.0382. The van der Waals surface area contributed by atoms with E-state index in [4.69, 9.17) is 5.21 Å². The number of pyridine rings is 1. The van der Waals surface area contributed by atoms with Gasteiger partial charge >= 0.3 is 5.69 Å². The van der Waals surface area contributed by atoms with E-state index >= 15 is 0 Å². The Hall–Kier alpha value is -4.81.